The van der Waals surface area contributed by atoms with Gasteiger partial charge < -0.3 is 16.4 Å². The summed E-state index contributed by atoms with van der Waals surface area (Å²) in [5.41, 5.74) is 5.14. The Kier molecular flexibility index (Phi) is 3.68. The Morgan fingerprint density at radius 2 is 2.20 bits per heavy atom. The summed E-state index contributed by atoms with van der Waals surface area (Å²) in [6.45, 7) is 4.29. The van der Waals surface area contributed by atoms with E-state index in [0.29, 0.717) is 25.8 Å². The van der Waals surface area contributed by atoms with Crippen LogP contribution >= 0.6 is 0 Å². The van der Waals surface area contributed by atoms with Crippen molar-refractivity contribution in [1.82, 2.24) is 10.6 Å². The Labute approximate surface area is 89.8 Å². The summed E-state index contributed by atoms with van der Waals surface area (Å²) >= 11 is 0. The first-order chi connectivity index (χ1) is 7.01. The number of nitrogens with one attached hydrogen (secondary N) is 2. The molecule has 0 radical (unpaired) electrons. The summed E-state index contributed by atoms with van der Waals surface area (Å²) in [5.74, 6) is -0.176. The topological polar surface area (TPSA) is 84.2 Å². The van der Waals surface area contributed by atoms with E-state index in [9.17, 15) is 9.59 Å². The molecule has 0 spiro atoms. The monoisotopic (exact) mass is 213 g/mol. The zero-order valence-electron chi connectivity index (χ0n) is 9.30. The molecule has 86 valence electrons. The van der Waals surface area contributed by atoms with Crippen LogP contribution in [0.2, 0.25) is 0 Å². The second kappa shape index (κ2) is 4.61. The highest BCUT2D eigenvalue weighted by Gasteiger charge is 2.33. The second-order valence-electron chi connectivity index (χ2n) is 4.04. The van der Waals surface area contributed by atoms with Gasteiger partial charge in [-0.3, -0.25) is 9.59 Å². The van der Waals surface area contributed by atoms with E-state index in [1.807, 2.05) is 13.8 Å². The van der Waals surface area contributed by atoms with Crippen LogP contribution in [-0.2, 0) is 9.59 Å². The molecular weight excluding hydrogens is 194 g/mol. The van der Waals surface area contributed by atoms with E-state index in [4.69, 9.17) is 5.73 Å². The molecule has 1 aliphatic rings. The van der Waals surface area contributed by atoms with E-state index < -0.39 is 5.54 Å². The van der Waals surface area contributed by atoms with E-state index in [1.54, 1.807) is 0 Å². The molecule has 1 unspecified atom stereocenters. The lowest BCUT2D eigenvalue weighted by Gasteiger charge is -2.26. The fraction of sp³-hybridized carbons (Fsp3) is 0.800. The summed E-state index contributed by atoms with van der Waals surface area (Å²) in [6, 6.07) is -0.106. The van der Waals surface area contributed by atoms with Gasteiger partial charge in [0.25, 0.3) is 0 Å². The van der Waals surface area contributed by atoms with Crippen LogP contribution in [-0.4, -0.2) is 29.9 Å². The standard InChI is InChI=1S/C10H19N3O2/c1-3-10(11,4-2)9(15)13-7-5-8(14)12-6-7/h7H,3-6,11H2,1-2H3,(H,12,14)(H,13,15). The molecule has 0 saturated carbocycles. The number of carbonyl (C=O) groups excluding carboxylic acids is 2. The smallest absolute Gasteiger partial charge is 0.240 e. The van der Waals surface area contributed by atoms with Crippen molar-refractivity contribution in [3.63, 3.8) is 0 Å². The van der Waals surface area contributed by atoms with Crippen molar-refractivity contribution in [3.05, 3.63) is 0 Å². The lowest BCUT2D eigenvalue weighted by Crippen LogP contribution is -2.55. The van der Waals surface area contributed by atoms with Gasteiger partial charge in [-0.15, -0.1) is 0 Å². The number of carbonyl (C=O) groups is 2. The van der Waals surface area contributed by atoms with Gasteiger partial charge in [-0.25, -0.2) is 0 Å². The third-order valence-corrected chi connectivity index (χ3v) is 3.03. The van der Waals surface area contributed by atoms with E-state index in [0.717, 1.165) is 0 Å². The summed E-state index contributed by atoms with van der Waals surface area (Å²) in [5, 5.41) is 5.47. The number of hydrogen-bond donors (Lipinski definition) is 3. The van der Waals surface area contributed by atoms with E-state index in [-0.39, 0.29) is 17.9 Å². The summed E-state index contributed by atoms with van der Waals surface area (Å²) in [6.07, 6.45) is 1.56. The Hall–Kier alpha value is -1.10. The lowest BCUT2D eigenvalue weighted by atomic mass is 9.93. The molecule has 2 amide bonds. The Morgan fingerprint density at radius 1 is 1.60 bits per heavy atom. The molecule has 0 aliphatic carbocycles. The van der Waals surface area contributed by atoms with Gasteiger partial charge in [0.2, 0.25) is 11.8 Å². The third-order valence-electron chi connectivity index (χ3n) is 3.03. The molecule has 1 fully saturated rings. The van der Waals surface area contributed by atoms with E-state index in [1.165, 1.54) is 0 Å². The van der Waals surface area contributed by atoms with Gasteiger partial charge in [0.1, 0.15) is 0 Å². The van der Waals surface area contributed by atoms with Gasteiger partial charge in [-0.2, -0.15) is 0 Å². The normalized spacial score (nSPS) is 21.3. The molecule has 1 aliphatic heterocycles. The molecule has 0 aromatic heterocycles. The van der Waals surface area contributed by atoms with Crippen LogP contribution in [0.1, 0.15) is 33.1 Å². The number of rotatable bonds is 4. The fourth-order valence-corrected chi connectivity index (χ4v) is 1.61. The van der Waals surface area contributed by atoms with Gasteiger partial charge in [0, 0.05) is 13.0 Å². The highest BCUT2D eigenvalue weighted by molar-refractivity contribution is 5.87. The molecular formula is C10H19N3O2. The SMILES string of the molecule is CCC(N)(CC)C(=O)NC1CNC(=O)C1. The first-order valence-corrected chi connectivity index (χ1v) is 5.38. The highest BCUT2D eigenvalue weighted by Crippen LogP contribution is 2.12. The van der Waals surface area contributed by atoms with Crippen LogP contribution in [0.3, 0.4) is 0 Å². The van der Waals surface area contributed by atoms with E-state index in [2.05, 4.69) is 10.6 Å². The van der Waals surface area contributed by atoms with Crippen molar-refractivity contribution in [2.75, 3.05) is 6.54 Å². The molecule has 0 aromatic carbocycles. The van der Waals surface area contributed by atoms with Gasteiger partial charge in [-0.1, -0.05) is 13.8 Å². The molecule has 1 heterocycles. The molecule has 4 N–H and O–H groups in total. The van der Waals surface area contributed by atoms with Crippen molar-refractivity contribution < 1.29 is 9.59 Å². The first-order valence-electron chi connectivity index (χ1n) is 5.38. The van der Waals surface area contributed by atoms with Gasteiger partial charge >= 0.3 is 0 Å². The molecule has 1 rings (SSSR count). The summed E-state index contributed by atoms with van der Waals surface area (Å²) < 4.78 is 0. The Bertz CT molecular complexity index is 261. The third kappa shape index (κ3) is 2.68. The predicted octanol–water partition coefficient (Wildman–Crippen LogP) is -0.491. The van der Waals surface area contributed by atoms with Crippen LogP contribution in [0.4, 0.5) is 0 Å². The average molecular weight is 213 g/mol. The fourth-order valence-electron chi connectivity index (χ4n) is 1.61. The minimum absolute atomic E-state index is 0.0177. The minimum Gasteiger partial charge on any atom is -0.354 e. The summed E-state index contributed by atoms with van der Waals surface area (Å²) in [4.78, 5) is 22.7. The summed E-state index contributed by atoms with van der Waals surface area (Å²) in [7, 11) is 0. The number of hydrogen-bond acceptors (Lipinski definition) is 3. The van der Waals surface area contributed by atoms with Crippen LogP contribution < -0.4 is 16.4 Å². The van der Waals surface area contributed by atoms with Crippen molar-refractivity contribution in [1.29, 1.82) is 0 Å². The number of nitrogens with two attached hydrogens (primary N) is 1. The Morgan fingerprint density at radius 3 is 2.60 bits per heavy atom. The van der Waals surface area contributed by atoms with Crippen LogP contribution in [0.15, 0.2) is 0 Å². The maximum absolute atomic E-state index is 11.8. The molecule has 1 saturated heterocycles. The maximum Gasteiger partial charge on any atom is 0.240 e. The minimum atomic E-state index is -0.800. The van der Waals surface area contributed by atoms with Crippen molar-refractivity contribution in [2.45, 2.75) is 44.7 Å². The zero-order valence-corrected chi connectivity index (χ0v) is 9.30. The quantitative estimate of drug-likeness (QED) is 0.589. The van der Waals surface area contributed by atoms with Gasteiger partial charge in [-0.05, 0) is 12.8 Å². The largest absolute Gasteiger partial charge is 0.354 e. The second-order valence-corrected chi connectivity index (χ2v) is 4.04. The van der Waals surface area contributed by atoms with Crippen LogP contribution in [0.25, 0.3) is 0 Å². The molecule has 0 bridgehead atoms. The predicted molar refractivity (Wildman–Crippen MR) is 57.1 cm³/mol. The van der Waals surface area contributed by atoms with Crippen LogP contribution in [0.5, 0.6) is 0 Å². The highest BCUT2D eigenvalue weighted by atomic mass is 16.2. The maximum atomic E-state index is 11.8. The van der Waals surface area contributed by atoms with Gasteiger partial charge in [0.15, 0.2) is 0 Å². The van der Waals surface area contributed by atoms with E-state index >= 15 is 0 Å². The molecule has 5 nitrogen and oxygen atoms in total. The molecule has 1 atom stereocenters. The van der Waals surface area contributed by atoms with Gasteiger partial charge in [0.05, 0.1) is 11.6 Å². The molecule has 15 heavy (non-hydrogen) atoms. The van der Waals surface area contributed by atoms with Crippen LogP contribution in [0, 0.1) is 0 Å². The molecule has 5 heteroatoms. The van der Waals surface area contributed by atoms with Crippen molar-refractivity contribution >= 4 is 11.8 Å². The van der Waals surface area contributed by atoms with Crippen molar-refractivity contribution in [2.24, 2.45) is 5.73 Å². The average Bonchev–Trinajstić information content (AvgIpc) is 2.62. The molecule has 0 aromatic rings. The Balaban J connectivity index is 2.51. The first kappa shape index (κ1) is 12.0. The number of amides is 2. The zero-order chi connectivity index (χ0) is 11.5. The van der Waals surface area contributed by atoms with Crippen molar-refractivity contribution in [3.8, 4) is 0 Å². The lowest BCUT2D eigenvalue weighted by molar-refractivity contribution is -0.127.